The number of esters is 1. The van der Waals surface area contributed by atoms with Crippen molar-refractivity contribution in [3.05, 3.63) is 29.8 Å². The molecule has 1 N–H and O–H groups in total. The molecule has 1 aliphatic rings. The van der Waals surface area contributed by atoms with E-state index in [1.54, 1.807) is 38.4 Å². The van der Waals surface area contributed by atoms with Gasteiger partial charge in [0.05, 0.1) is 5.92 Å². The topological polar surface area (TPSA) is 75.7 Å². The van der Waals surface area contributed by atoms with E-state index in [-0.39, 0.29) is 24.4 Å². The number of nitrogens with zero attached hydrogens (tertiary/aromatic N) is 1. The fraction of sp³-hybridized carbons (Fsp3) is 0.438. The van der Waals surface area contributed by atoms with Gasteiger partial charge in [-0.15, -0.1) is 0 Å². The average molecular weight is 304 g/mol. The van der Waals surface area contributed by atoms with Gasteiger partial charge >= 0.3 is 5.97 Å². The van der Waals surface area contributed by atoms with Crippen LogP contribution in [0.4, 0.5) is 5.69 Å². The molecule has 0 bridgehead atoms. The van der Waals surface area contributed by atoms with Gasteiger partial charge in [-0.25, -0.2) is 0 Å². The number of rotatable bonds is 5. The minimum Gasteiger partial charge on any atom is -0.455 e. The van der Waals surface area contributed by atoms with Crippen LogP contribution < -0.4 is 5.32 Å². The zero-order valence-electron chi connectivity index (χ0n) is 13.0. The number of hydrogen-bond donors (Lipinski definition) is 1. The van der Waals surface area contributed by atoms with Gasteiger partial charge in [-0.05, 0) is 36.6 Å². The van der Waals surface area contributed by atoms with Crippen molar-refractivity contribution in [3.63, 3.8) is 0 Å². The second kappa shape index (κ2) is 6.60. The molecule has 1 aromatic carbocycles. The molecule has 0 unspecified atom stereocenters. The molecule has 6 heteroatoms. The molecule has 6 nitrogen and oxygen atoms in total. The number of hydrogen-bond acceptors (Lipinski definition) is 4. The average Bonchev–Trinajstić information content (AvgIpc) is 3.22. The Balaban J connectivity index is 1.81. The van der Waals surface area contributed by atoms with E-state index in [1.165, 1.54) is 4.90 Å². The van der Waals surface area contributed by atoms with Crippen LogP contribution in [0.5, 0.6) is 0 Å². The van der Waals surface area contributed by atoms with E-state index < -0.39 is 5.91 Å². The molecule has 1 fully saturated rings. The van der Waals surface area contributed by atoms with Crippen LogP contribution in [0, 0.1) is 11.8 Å². The van der Waals surface area contributed by atoms with E-state index in [9.17, 15) is 14.4 Å². The van der Waals surface area contributed by atoms with Gasteiger partial charge in [-0.2, -0.15) is 0 Å². The highest BCUT2D eigenvalue weighted by Gasteiger charge is 2.40. The van der Waals surface area contributed by atoms with Crippen LogP contribution in [-0.4, -0.2) is 43.4 Å². The fourth-order valence-corrected chi connectivity index (χ4v) is 2.05. The van der Waals surface area contributed by atoms with Crippen molar-refractivity contribution in [2.45, 2.75) is 13.3 Å². The van der Waals surface area contributed by atoms with Gasteiger partial charge in [0, 0.05) is 25.3 Å². The third-order valence-corrected chi connectivity index (χ3v) is 3.58. The summed E-state index contributed by atoms with van der Waals surface area (Å²) in [5.74, 6) is -0.505. The lowest BCUT2D eigenvalue weighted by molar-refractivity contribution is -0.148. The van der Waals surface area contributed by atoms with E-state index in [4.69, 9.17) is 4.74 Å². The second-order valence-electron chi connectivity index (χ2n) is 5.75. The first-order chi connectivity index (χ1) is 10.4. The van der Waals surface area contributed by atoms with Crippen molar-refractivity contribution in [2.24, 2.45) is 11.8 Å². The lowest BCUT2D eigenvalue weighted by atomic mass is 10.2. The number of carbonyl (C=O) groups is 3. The molecule has 2 rings (SSSR count). The van der Waals surface area contributed by atoms with Gasteiger partial charge in [0.15, 0.2) is 6.61 Å². The van der Waals surface area contributed by atoms with E-state index in [2.05, 4.69) is 5.32 Å². The van der Waals surface area contributed by atoms with Gasteiger partial charge in [-0.1, -0.05) is 6.92 Å². The molecule has 2 atom stereocenters. The Morgan fingerprint density at radius 1 is 1.23 bits per heavy atom. The Kier molecular flexibility index (Phi) is 4.80. The van der Waals surface area contributed by atoms with Crippen molar-refractivity contribution in [2.75, 3.05) is 26.0 Å². The second-order valence-corrected chi connectivity index (χ2v) is 5.75. The molecule has 0 saturated heterocycles. The van der Waals surface area contributed by atoms with Crippen molar-refractivity contribution in [1.82, 2.24) is 4.90 Å². The summed E-state index contributed by atoms with van der Waals surface area (Å²) in [5.41, 5.74) is 1.09. The number of carbonyl (C=O) groups excluding carboxylic acids is 3. The normalized spacial score (nSPS) is 19.2. The van der Waals surface area contributed by atoms with E-state index in [0.717, 1.165) is 6.42 Å². The van der Waals surface area contributed by atoms with Crippen LogP contribution in [0.2, 0.25) is 0 Å². The number of anilines is 1. The summed E-state index contributed by atoms with van der Waals surface area (Å²) >= 11 is 0. The highest BCUT2D eigenvalue weighted by atomic mass is 16.5. The molecule has 0 spiro atoms. The van der Waals surface area contributed by atoms with E-state index in [0.29, 0.717) is 17.2 Å². The summed E-state index contributed by atoms with van der Waals surface area (Å²) in [6.45, 7) is 1.68. The third kappa shape index (κ3) is 4.07. The Morgan fingerprint density at radius 2 is 1.82 bits per heavy atom. The molecule has 1 aromatic rings. The summed E-state index contributed by atoms with van der Waals surface area (Å²) in [7, 11) is 3.35. The van der Waals surface area contributed by atoms with Crippen LogP contribution >= 0.6 is 0 Å². The SMILES string of the molecule is C[C@@H]1C[C@H]1C(=O)OCC(=O)Nc1ccc(C(=O)N(C)C)cc1. The first kappa shape index (κ1) is 16.0. The quantitative estimate of drug-likeness (QED) is 0.837. The summed E-state index contributed by atoms with van der Waals surface area (Å²) < 4.78 is 4.95. The van der Waals surface area contributed by atoms with Crippen LogP contribution in [0.1, 0.15) is 23.7 Å². The molecule has 0 aliphatic heterocycles. The zero-order chi connectivity index (χ0) is 16.3. The fourth-order valence-electron chi connectivity index (χ4n) is 2.05. The van der Waals surface area contributed by atoms with Gasteiger partial charge in [0.2, 0.25) is 0 Å². The summed E-state index contributed by atoms with van der Waals surface area (Å²) in [4.78, 5) is 36.4. The Bertz CT molecular complexity index is 580. The van der Waals surface area contributed by atoms with Crippen molar-refractivity contribution < 1.29 is 19.1 Å². The van der Waals surface area contributed by atoms with Gasteiger partial charge < -0.3 is 15.0 Å². The monoisotopic (exact) mass is 304 g/mol. The molecule has 0 radical (unpaired) electrons. The van der Waals surface area contributed by atoms with Crippen molar-refractivity contribution >= 4 is 23.5 Å². The minimum absolute atomic E-state index is 0.0517. The summed E-state index contributed by atoms with van der Waals surface area (Å²) in [6.07, 6.45) is 0.835. The Hall–Kier alpha value is -2.37. The van der Waals surface area contributed by atoms with Gasteiger partial charge in [0.25, 0.3) is 11.8 Å². The first-order valence-electron chi connectivity index (χ1n) is 7.16. The molecule has 0 aromatic heterocycles. The van der Waals surface area contributed by atoms with Crippen LogP contribution in [0.3, 0.4) is 0 Å². The number of amides is 2. The molecule has 118 valence electrons. The predicted octanol–water partition coefficient (Wildman–Crippen LogP) is 1.53. The summed E-state index contributed by atoms with van der Waals surface area (Å²) in [5, 5.41) is 2.62. The van der Waals surface area contributed by atoms with E-state index >= 15 is 0 Å². The van der Waals surface area contributed by atoms with Gasteiger partial charge in [-0.3, -0.25) is 14.4 Å². The highest BCUT2D eigenvalue weighted by Crippen LogP contribution is 2.38. The van der Waals surface area contributed by atoms with Crippen LogP contribution in [0.15, 0.2) is 24.3 Å². The summed E-state index contributed by atoms with van der Waals surface area (Å²) in [6, 6.07) is 6.55. The zero-order valence-corrected chi connectivity index (χ0v) is 13.0. The smallest absolute Gasteiger partial charge is 0.309 e. The lowest BCUT2D eigenvalue weighted by Crippen LogP contribution is -2.22. The Labute approximate surface area is 129 Å². The standard InChI is InChI=1S/C16H20N2O4/c1-10-8-13(10)16(21)22-9-14(19)17-12-6-4-11(5-7-12)15(20)18(2)3/h4-7,10,13H,8-9H2,1-3H3,(H,17,19)/t10-,13-/m1/s1. The van der Waals surface area contributed by atoms with Gasteiger partial charge in [0.1, 0.15) is 0 Å². The van der Waals surface area contributed by atoms with E-state index in [1.807, 2.05) is 6.92 Å². The maximum absolute atomic E-state index is 11.7. The molecule has 22 heavy (non-hydrogen) atoms. The molecule has 0 heterocycles. The number of ether oxygens (including phenoxy) is 1. The van der Waals surface area contributed by atoms with Crippen molar-refractivity contribution in [3.8, 4) is 0 Å². The number of nitrogens with one attached hydrogen (secondary N) is 1. The van der Waals surface area contributed by atoms with Crippen LogP contribution in [-0.2, 0) is 14.3 Å². The third-order valence-electron chi connectivity index (χ3n) is 3.58. The first-order valence-corrected chi connectivity index (χ1v) is 7.16. The highest BCUT2D eigenvalue weighted by molar-refractivity contribution is 5.96. The molecular weight excluding hydrogens is 284 g/mol. The lowest BCUT2D eigenvalue weighted by Gasteiger charge is -2.11. The Morgan fingerprint density at radius 3 is 2.32 bits per heavy atom. The molecular formula is C16H20N2O4. The maximum atomic E-state index is 11.7. The van der Waals surface area contributed by atoms with Crippen LogP contribution in [0.25, 0.3) is 0 Å². The number of benzene rings is 1. The van der Waals surface area contributed by atoms with Crippen molar-refractivity contribution in [1.29, 1.82) is 0 Å². The predicted molar refractivity (Wildman–Crippen MR) is 81.3 cm³/mol. The minimum atomic E-state index is -0.395. The molecule has 2 amide bonds. The largest absolute Gasteiger partial charge is 0.455 e. The molecule has 1 aliphatic carbocycles. The maximum Gasteiger partial charge on any atom is 0.309 e. The molecule has 1 saturated carbocycles.